The van der Waals surface area contributed by atoms with Crippen LogP contribution in [0.1, 0.15) is 65.7 Å². The van der Waals surface area contributed by atoms with Gasteiger partial charge < -0.3 is 9.88 Å². The van der Waals surface area contributed by atoms with Crippen molar-refractivity contribution in [3.8, 4) is 0 Å². The van der Waals surface area contributed by atoms with Crippen molar-refractivity contribution in [1.29, 1.82) is 0 Å². The van der Waals surface area contributed by atoms with E-state index in [0.29, 0.717) is 12.4 Å². The summed E-state index contributed by atoms with van der Waals surface area (Å²) in [5.74, 6) is 0.984. The lowest BCUT2D eigenvalue weighted by Gasteiger charge is -2.31. The third kappa shape index (κ3) is 4.13. The zero-order valence-electron chi connectivity index (χ0n) is 18.1. The smallest absolute Gasteiger partial charge is 0.255 e. The van der Waals surface area contributed by atoms with Gasteiger partial charge in [-0.25, -0.2) is 4.98 Å². The predicted molar refractivity (Wildman–Crippen MR) is 122 cm³/mol. The minimum Gasteiger partial charge on any atom is -0.332 e. The molecule has 3 aliphatic rings. The average molecular weight is 439 g/mol. The zero-order chi connectivity index (χ0) is 21.4. The highest BCUT2D eigenvalue weighted by Gasteiger charge is 2.36. The maximum atomic E-state index is 13.1. The van der Waals surface area contributed by atoms with Gasteiger partial charge in [0, 0.05) is 43.4 Å². The number of allylic oxidation sites excluding steroid dienone is 2. The SMILES string of the molecule is Cc1ccsc1CN1CCc2nc(C3CCCN3C(=O)C3CC=CCC3)[nH]c(=O)c2C1. The lowest BCUT2D eigenvalue weighted by molar-refractivity contribution is -0.136. The molecule has 2 aliphatic heterocycles. The van der Waals surface area contributed by atoms with Gasteiger partial charge in [-0.2, -0.15) is 0 Å². The van der Waals surface area contributed by atoms with Crippen molar-refractivity contribution >= 4 is 17.2 Å². The third-order valence-electron chi connectivity index (χ3n) is 6.97. The third-order valence-corrected chi connectivity index (χ3v) is 7.98. The van der Waals surface area contributed by atoms with E-state index in [9.17, 15) is 9.59 Å². The van der Waals surface area contributed by atoms with Crippen molar-refractivity contribution < 1.29 is 4.79 Å². The molecule has 1 N–H and O–H groups in total. The van der Waals surface area contributed by atoms with Crippen molar-refractivity contribution in [2.24, 2.45) is 5.92 Å². The summed E-state index contributed by atoms with van der Waals surface area (Å²) in [6.45, 7) is 5.32. The van der Waals surface area contributed by atoms with Crippen LogP contribution in [0.5, 0.6) is 0 Å². The number of amides is 1. The number of likely N-dealkylation sites (tertiary alicyclic amines) is 1. The highest BCUT2D eigenvalue weighted by Crippen LogP contribution is 2.33. The van der Waals surface area contributed by atoms with Crippen LogP contribution in [0, 0.1) is 12.8 Å². The summed E-state index contributed by atoms with van der Waals surface area (Å²) in [7, 11) is 0. The van der Waals surface area contributed by atoms with Gasteiger partial charge in [0.05, 0.1) is 17.3 Å². The van der Waals surface area contributed by atoms with Gasteiger partial charge in [-0.05, 0) is 56.0 Å². The highest BCUT2D eigenvalue weighted by atomic mass is 32.1. The summed E-state index contributed by atoms with van der Waals surface area (Å²) in [5, 5.41) is 2.13. The van der Waals surface area contributed by atoms with Crippen LogP contribution in [0.2, 0.25) is 0 Å². The lowest BCUT2D eigenvalue weighted by Crippen LogP contribution is -2.39. The number of aromatic amines is 1. The number of aryl methyl sites for hydroxylation is 1. The molecule has 2 aromatic rings. The van der Waals surface area contributed by atoms with E-state index < -0.39 is 0 Å². The summed E-state index contributed by atoms with van der Waals surface area (Å²) < 4.78 is 0. The fourth-order valence-corrected chi connectivity index (χ4v) is 6.08. The van der Waals surface area contributed by atoms with Crippen LogP contribution < -0.4 is 5.56 Å². The number of aromatic nitrogens is 2. The monoisotopic (exact) mass is 438 g/mol. The molecule has 2 unspecified atom stereocenters. The fraction of sp³-hybridized carbons (Fsp3) is 0.542. The molecule has 4 heterocycles. The summed E-state index contributed by atoms with van der Waals surface area (Å²) in [6, 6.07) is 2.06. The maximum absolute atomic E-state index is 13.1. The first-order chi connectivity index (χ1) is 15.1. The lowest BCUT2D eigenvalue weighted by atomic mass is 9.93. The van der Waals surface area contributed by atoms with Crippen molar-refractivity contribution in [1.82, 2.24) is 19.8 Å². The summed E-state index contributed by atoms with van der Waals surface area (Å²) >= 11 is 1.78. The Morgan fingerprint density at radius 3 is 2.97 bits per heavy atom. The molecule has 0 spiro atoms. The minimum atomic E-state index is -0.0943. The standard InChI is InChI=1S/C24H30N4O2S/c1-16-10-13-31-21(16)15-27-12-9-19-18(14-27)23(29)26-22(25-19)20-8-5-11-28(20)24(30)17-6-3-2-4-7-17/h2-3,10,13,17,20H,4-9,11-12,14-15H2,1H3,(H,25,26,29). The Balaban J connectivity index is 1.34. The maximum Gasteiger partial charge on any atom is 0.255 e. The Bertz CT molecular complexity index is 1060. The quantitative estimate of drug-likeness (QED) is 0.739. The number of fused-ring (bicyclic) bond motifs is 1. The molecule has 1 fully saturated rings. The summed E-state index contributed by atoms with van der Waals surface area (Å²) in [6.07, 6.45) is 9.64. The predicted octanol–water partition coefficient (Wildman–Crippen LogP) is 3.72. The number of carbonyl (C=O) groups excluding carboxylic acids is 1. The molecule has 5 rings (SSSR count). The zero-order valence-corrected chi connectivity index (χ0v) is 18.9. The van der Waals surface area contributed by atoms with Gasteiger partial charge in [0.2, 0.25) is 5.91 Å². The van der Waals surface area contributed by atoms with E-state index in [-0.39, 0.29) is 23.4 Å². The molecule has 2 aromatic heterocycles. The first-order valence-corrected chi connectivity index (χ1v) is 12.3. The number of hydrogen-bond donors (Lipinski definition) is 1. The van der Waals surface area contributed by atoms with E-state index in [0.717, 1.165) is 69.4 Å². The summed E-state index contributed by atoms with van der Waals surface area (Å²) in [5.41, 5.74) is 2.99. The van der Waals surface area contributed by atoms with Gasteiger partial charge in [0.1, 0.15) is 5.82 Å². The van der Waals surface area contributed by atoms with E-state index >= 15 is 0 Å². The number of nitrogens with zero attached hydrogens (tertiary/aromatic N) is 3. The van der Waals surface area contributed by atoms with Crippen molar-refractivity contribution in [3.63, 3.8) is 0 Å². The van der Waals surface area contributed by atoms with Gasteiger partial charge >= 0.3 is 0 Å². The van der Waals surface area contributed by atoms with E-state index in [2.05, 4.69) is 40.4 Å². The first kappa shape index (κ1) is 20.6. The Morgan fingerprint density at radius 1 is 1.29 bits per heavy atom. The Kier molecular flexibility index (Phi) is 5.80. The largest absolute Gasteiger partial charge is 0.332 e. The second-order valence-electron chi connectivity index (χ2n) is 9.03. The van der Waals surface area contributed by atoms with Gasteiger partial charge in [-0.1, -0.05) is 12.2 Å². The minimum absolute atomic E-state index is 0.0347. The molecule has 2 atom stereocenters. The molecular formula is C24H30N4O2S. The van der Waals surface area contributed by atoms with Crippen LogP contribution in [-0.4, -0.2) is 38.8 Å². The molecule has 164 valence electrons. The van der Waals surface area contributed by atoms with Crippen LogP contribution in [0.3, 0.4) is 0 Å². The number of hydrogen-bond acceptors (Lipinski definition) is 5. The number of nitrogens with one attached hydrogen (secondary N) is 1. The molecule has 31 heavy (non-hydrogen) atoms. The van der Waals surface area contributed by atoms with E-state index in [1.165, 1.54) is 10.4 Å². The molecule has 1 amide bonds. The van der Waals surface area contributed by atoms with Gasteiger partial charge in [-0.3, -0.25) is 14.5 Å². The average Bonchev–Trinajstić information content (AvgIpc) is 3.43. The van der Waals surface area contributed by atoms with E-state index in [4.69, 9.17) is 4.98 Å². The van der Waals surface area contributed by atoms with Crippen LogP contribution in [0.25, 0.3) is 0 Å². The topological polar surface area (TPSA) is 69.3 Å². The molecule has 0 saturated carbocycles. The van der Waals surface area contributed by atoms with Gasteiger partial charge in [0.15, 0.2) is 0 Å². The van der Waals surface area contributed by atoms with Crippen molar-refractivity contribution in [2.45, 2.75) is 64.6 Å². The molecule has 7 heteroatoms. The molecule has 6 nitrogen and oxygen atoms in total. The van der Waals surface area contributed by atoms with Crippen LogP contribution in [0.4, 0.5) is 0 Å². The molecule has 1 saturated heterocycles. The second kappa shape index (κ2) is 8.71. The van der Waals surface area contributed by atoms with Crippen LogP contribution in [0.15, 0.2) is 28.4 Å². The van der Waals surface area contributed by atoms with Gasteiger partial charge in [-0.15, -0.1) is 11.3 Å². The Hall–Kier alpha value is -2.25. The van der Waals surface area contributed by atoms with E-state index in [1.54, 1.807) is 11.3 Å². The molecule has 0 aromatic carbocycles. The fourth-order valence-electron chi connectivity index (χ4n) is 5.13. The van der Waals surface area contributed by atoms with Crippen LogP contribution in [-0.2, 0) is 24.3 Å². The molecule has 0 radical (unpaired) electrons. The number of rotatable bonds is 4. The van der Waals surface area contributed by atoms with Gasteiger partial charge in [0.25, 0.3) is 5.56 Å². The Labute approximate surface area is 187 Å². The molecular weight excluding hydrogens is 408 g/mol. The van der Waals surface area contributed by atoms with Crippen molar-refractivity contribution in [2.75, 3.05) is 13.1 Å². The Morgan fingerprint density at radius 2 is 2.19 bits per heavy atom. The number of carbonyl (C=O) groups is 1. The van der Waals surface area contributed by atoms with Crippen molar-refractivity contribution in [3.05, 3.63) is 61.5 Å². The van der Waals surface area contributed by atoms with Crippen LogP contribution >= 0.6 is 11.3 Å². The molecule has 1 aliphatic carbocycles. The normalized spacial score (nSPS) is 23.8. The molecule has 0 bridgehead atoms. The first-order valence-electron chi connectivity index (χ1n) is 11.4. The second-order valence-corrected chi connectivity index (χ2v) is 10.0. The van der Waals surface area contributed by atoms with E-state index in [1.807, 2.05) is 4.90 Å². The highest BCUT2D eigenvalue weighted by molar-refractivity contribution is 7.10. The number of H-pyrrole nitrogens is 1. The summed E-state index contributed by atoms with van der Waals surface area (Å²) in [4.78, 5) is 39.8. The number of thiophene rings is 1.